The second-order valence-electron chi connectivity index (χ2n) is 6.01. The molecule has 1 atom stereocenters. The number of piperidine rings is 1. The second-order valence-corrected chi connectivity index (χ2v) is 6.01. The fourth-order valence-corrected chi connectivity index (χ4v) is 3.34. The van der Waals surface area contributed by atoms with Gasteiger partial charge in [0.2, 0.25) is 0 Å². The topological polar surface area (TPSA) is 49.1 Å². The van der Waals surface area contributed by atoms with Crippen molar-refractivity contribution in [3.8, 4) is 6.07 Å². The van der Waals surface area contributed by atoms with Crippen LogP contribution in [0, 0.1) is 11.3 Å². The van der Waals surface area contributed by atoms with Crippen LogP contribution in [0.3, 0.4) is 0 Å². The molecule has 2 aliphatic rings. The zero-order valence-corrected chi connectivity index (χ0v) is 12.8. The van der Waals surface area contributed by atoms with Crippen LogP contribution in [0.4, 0.5) is 5.82 Å². The van der Waals surface area contributed by atoms with E-state index in [-0.39, 0.29) is 6.10 Å². The third-order valence-electron chi connectivity index (χ3n) is 4.39. The highest BCUT2D eigenvalue weighted by Gasteiger charge is 2.25. The van der Waals surface area contributed by atoms with Crippen LogP contribution < -0.4 is 4.90 Å². The molecule has 1 aromatic rings. The number of anilines is 1. The van der Waals surface area contributed by atoms with Crippen LogP contribution in [-0.4, -0.2) is 30.8 Å². The summed E-state index contributed by atoms with van der Waals surface area (Å²) >= 11 is 0. The van der Waals surface area contributed by atoms with Crippen molar-refractivity contribution in [3.05, 3.63) is 22.9 Å². The summed E-state index contributed by atoms with van der Waals surface area (Å²) < 4.78 is 5.90. The molecule has 4 nitrogen and oxygen atoms in total. The monoisotopic (exact) mass is 285 g/mol. The van der Waals surface area contributed by atoms with Gasteiger partial charge in [-0.2, -0.15) is 5.26 Å². The van der Waals surface area contributed by atoms with E-state index in [4.69, 9.17) is 9.72 Å². The molecule has 0 N–H and O–H groups in total. The molecule has 3 rings (SSSR count). The van der Waals surface area contributed by atoms with E-state index in [1.807, 2.05) is 0 Å². The lowest BCUT2D eigenvalue weighted by molar-refractivity contribution is 0.0439. The number of hydrogen-bond acceptors (Lipinski definition) is 4. The Morgan fingerprint density at radius 1 is 1.43 bits per heavy atom. The van der Waals surface area contributed by atoms with Crippen LogP contribution in [0.25, 0.3) is 0 Å². The number of ether oxygens (including phenoxy) is 1. The van der Waals surface area contributed by atoms with E-state index in [1.54, 1.807) is 0 Å². The van der Waals surface area contributed by atoms with Gasteiger partial charge in [0.05, 0.1) is 11.7 Å². The third-order valence-corrected chi connectivity index (χ3v) is 4.39. The number of aryl methyl sites for hydroxylation is 2. The van der Waals surface area contributed by atoms with E-state index in [9.17, 15) is 5.26 Å². The number of rotatable bonds is 4. The first-order valence-electron chi connectivity index (χ1n) is 8.11. The molecule has 2 heterocycles. The molecule has 0 bridgehead atoms. The van der Waals surface area contributed by atoms with Crippen molar-refractivity contribution in [2.75, 3.05) is 24.6 Å². The molecule has 1 saturated heterocycles. The largest absolute Gasteiger partial charge is 0.376 e. The summed E-state index contributed by atoms with van der Waals surface area (Å²) in [5.74, 6) is 0.878. The van der Waals surface area contributed by atoms with Crippen molar-refractivity contribution < 1.29 is 4.74 Å². The molecular weight excluding hydrogens is 262 g/mol. The minimum atomic E-state index is 0.278. The molecule has 1 unspecified atom stereocenters. The Morgan fingerprint density at radius 3 is 3.14 bits per heavy atom. The van der Waals surface area contributed by atoms with E-state index in [0.717, 1.165) is 63.2 Å². The number of nitriles is 1. The Bertz CT molecular complexity index is 550. The van der Waals surface area contributed by atoms with E-state index in [1.165, 1.54) is 17.7 Å². The summed E-state index contributed by atoms with van der Waals surface area (Å²) in [7, 11) is 0. The van der Waals surface area contributed by atoms with E-state index in [2.05, 4.69) is 24.0 Å². The maximum atomic E-state index is 9.44. The Hall–Kier alpha value is -1.60. The molecule has 1 aliphatic heterocycles. The molecule has 4 heteroatoms. The van der Waals surface area contributed by atoms with Crippen LogP contribution >= 0.6 is 0 Å². The molecule has 0 aromatic carbocycles. The van der Waals surface area contributed by atoms with Gasteiger partial charge in [-0.15, -0.1) is 0 Å². The number of hydrogen-bond donors (Lipinski definition) is 0. The maximum Gasteiger partial charge on any atom is 0.146 e. The standard InChI is InChI=1S/C17H23N3O/c1-2-9-21-15-6-4-8-20(12-15)17-14(11-18)10-13-5-3-7-16(13)19-17/h10,15H,2-9,12H2,1H3. The van der Waals surface area contributed by atoms with Crippen LogP contribution in [0.5, 0.6) is 0 Å². The molecule has 112 valence electrons. The minimum absolute atomic E-state index is 0.278. The quantitative estimate of drug-likeness (QED) is 0.853. The number of fused-ring (bicyclic) bond motifs is 1. The molecule has 1 aliphatic carbocycles. The molecule has 0 spiro atoms. The highest BCUT2D eigenvalue weighted by atomic mass is 16.5. The van der Waals surface area contributed by atoms with Crippen molar-refractivity contribution in [1.82, 2.24) is 4.98 Å². The molecule has 1 fully saturated rings. The Labute approximate surface area is 126 Å². The first-order valence-corrected chi connectivity index (χ1v) is 8.11. The van der Waals surface area contributed by atoms with E-state index in [0.29, 0.717) is 0 Å². The summed E-state index contributed by atoms with van der Waals surface area (Å²) in [6.07, 6.45) is 6.84. The van der Waals surface area contributed by atoms with Crippen molar-refractivity contribution in [3.63, 3.8) is 0 Å². The third kappa shape index (κ3) is 3.03. The zero-order chi connectivity index (χ0) is 14.7. The van der Waals surface area contributed by atoms with Crippen LogP contribution in [0.15, 0.2) is 6.07 Å². The molecule has 0 amide bonds. The normalized spacial score (nSPS) is 21.1. The Balaban J connectivity index is 1.81. The minimum Gasteiger partial charge on any atom is -0.376 e. The van der Waals surface area contributed by atoms with Gasteiger partial charge < -0.3 is 9.64 Å². The van der Waals surface area contributed by atoms with Crippen LogP contribution in [0.2, 0.25) is 0 Å². The Kier molecular flexibility index (Phi) is 4.40. The van der Waals surface area contributed by atoms with E-state index >= 15 is 0 Å². The van der Waals surface area contributed by atoms with Crippen LogP contribution in [-0.2, 0) is 17.6 Å². The van der Waals surface area contributed by atoms with Crippen molar-refractivity contribution in [2.45, 2.75) is 51.6 Å². The molecule has 21 heavy (non-hydrogen) atoms. The molecule has 0 radical (unpaired) electrons. The van der Waals surface area contributed by atoms with Gasteiger partial charge in [0, 0.05) is 25.4 Å². The van der Waals surface area contributed by atoms with Gasteiger partial charge in [0.1, 0.15) is 11.9 Å². The van der Waals surface area contributed by atoms with E-state index < -0.39 is 0 Å². The van der Waals surface area contributed by atoms with Gasteiger partial charge in [-0.3, -0.25) is 0 Å². The first-order chi connectivity index (χ1) is 10.3. The highest BCUT2D eigenvalue weighted by Crippen LogP contribution is 2.29. The SMILES string of the molecule is CCCOC1CCCN(c2nc3c(cc2C#N)CCC3)C1. The van der Waals surface area contributed by atoms with Crippen molar-refractivity contribution in [1.29, 1.82) is 5.26 Å². The predicted octanol–water partition coefficient (Wildman–Crippen LogP) is 2.84. The van der Waals surface area contributed by atoms with Gasteiger partial charge in [0.25, 0.3) is 0 Å². The Morgan fingerprint density at radius 2 is 2.33 bits per heavy atom. The van der Waals surface area contributed by atoms with Crippen molar-refractivity contribution in [2.24, 2.45) is 0 Å². The van der Waals surface area contributed by atoms with Gasteiger partial charge >= 0.3 is 0 Å². The van der Waals surface area contributed by atoms with Gasteiger partial charge in [-0.25, -0.2) is 4.98 Å². The van der Waals surface area contributed by atoms with Gasteiger partial charge in [-0.05, 0) is 50.2 Å². The highest BCUT2D eigenvalue weighted by molar-refractivity contribution is 5.57. The summed E-state index contributed by atoms with van der Waals surface area (Å²) in [5, 5.41) is 9.44. The molecule has 0 saturated carbocycles. The number of nitrogens with zero attached hydrogens (tertiary/aromatic N) is 3. The zero-order valence-electron chi connectivity index (χ0n) is 12.8. The summed E-state index contributed by atoms with van der Waals surface area (Å²) in [4.78, 5) is 7.06. The predicted molar refractivity (Wildman–Crippen MR) is 82.5 cm³/mol. The number of aromatic nitrogens is 1. The fraction of sp³-hybridized carbons (Fsp3) is 0.647. The van der Waals surface area contributed by atoms with Gasteiger partial charge in [-0.1, -0.05) is 6.92 Å². The summed E-state index contributed by atoms with van der Waals surface area (Å²) in [6.45, 7) is 4.80. The summed E-state index contributed by atoms with van der Waals surface area (Å²) in [6, 6.07) is 4.39. The van der Waals surface area contributed by atoms with Crippen molar-refractivity contribution >= 4 is 5.82 Å². The molecule has 1 aromatic heterocycles. The average molecular weight is 285 g/mol. The second kappa shape index (κ2) is 6.44. The lowest BCUT2D eigenvalue weighted by atomic mass is 10.1. The maximum absolute atomic E-state index is 9.44. The summed E-state index contributed by atoms with van der Waals surface area (Å²) in [5.41, 5.74) is 3.19. The van der Waals surface area contributed by atoms with Crippen LogP contribution in [0.1, 0.15) is 49.4 Å². The smallest absolute Gasteiger partial charge is 0.146 e. The lowest BCUT2D eigenvalue weighted by Crippen LogP contribution is -2.40. The molecular formula is C17H23N3O. The first kappa shape index (κ1) is 14.3. The average Bonchev–Trinajstić information content (AvgIpc) is 2.99. The fourth-order valence-electron chi connectivity index (χ4n) is 3.34. The number of pyridine rings is 1. The lowest BCUT2D eigenvalue weighted by Gasteiger charge is -2.34. The van der Waals surface area contributed by atoms with Gasteiger partial charge in [0.15, 0.2) is 0 Å².